The molecule has 90 valence electrons. The van der Waals surface area contributed by atoms with E-state index in [0.717, 1.165) is 10.5 Å². The van der Waals surface area contributed by atoms with Crippen molar-refractivity contribution < 1.29 is 10.2 Å². The predicted molar refractivity (Wildman–Crippen MR) is 68.7 cm³/mol. The van der Waals surface area contributed by atoms with Crippen molar-refractivity contribution in [3.05, 3.63) is 29.8 Å². The van der Waals surface area contributed by atoms with Crippen molar-refractivity contribution in [1.82, 2.24) is 0 Å². The maximum absolute atomic E-state index is 9.89. The summed E-state index contributed by atoms with van der Waals surface area (Å²) >= 11 is 1.61. The molecule has 1 aromatic rings. The summed E-state index contributed by atoms with van der Waals surface area (Å²) in [6.45, 7) is 5.74. The lowest BCUT2D eigenvalue weighted by Crippen LogP contribution is -2.15. The first-order valence-electron chi connectivity index (χ1n) is 5.68. The third-order valence-electron chi connectivity index (χ3n) is 2.66. The van der Waals surface area contributed by atoms with E-state index in [-0.39, 0.29) is 11.4 Å². The average molecular weight is 240 g/mol. The summed E-state index contributed by atoms with van der Waals surface area (Å²) in [5.74, 6) is 0. The van der Waals surface area contributed by atoms with Crippen LogP contribution in [0.5, 0.6) is 0 Å². The van der Waals surface area contributed by atoms with Crippen LogP contribution in [0.3, 0.4) is 0 Å². The summed E-state index contributed by atoms with van der Waals surface area (Å²) in [5, 5.41) is 19.5. The van der Waals surface area contributed by atoms with Crippen molar-refractivity contribution in [2.45, 2.75) is 49.5 Å². The molecule has 0 aliphatic rings. The maximum Gasteiger partial charge on any atom is 0.0798 e. The highest BCUT2D eigenvalue weighted by molar-refractivity contribution is 8.00. The van der Waals surface area contributed by atoms with Crippen LogP contribution in [0.4, 0.5) is 0 Å². The summed E-state index contributed by atoms with van der Waals surface area (Å²) in [4.78, 5) is 1.06. The zero-order valence-corrected chi connectivity index (χ0v) is 10.9. The van der Waals surface area contributed by atoms with E-state index in [1.807, 2.05) is 38.1 Å². The zero-order valence-electron chi connectivity index (χ0n) is 10.1. The lowest BCUT2D eigenvalue weighted by Gasteiger charge is -2.18. The second-order valence-electron chi connectivity index (χ2n) is 4.03. The number of thioether (sulfide) groups is 1. The van der Waals surface area contributed by atoms with Gasteiger partial charge in [-0.05, 0) is 25.0 Å². The van der Waals surface area contributed by atoms with Crippen LogP contribution in [-0.2, 0) is 0 Å². The Labute approximate surface area is 102 Å². The van der Waals surface area contributed by atoms with E-state index in [1.54, 1.807) is 18.7 Å². The second kappa shape index (κ2) is 6.28. The molecule has 0 aromatic heterocycles. The van der Waals surface area contributed by atoms with Gasteiger partial charge in [0.1, 0.15) is 0 Å². The first kappa shape index (κ1) is 13.6. The normalized spacial score (nSPS) is 16.8. The third kappa shape index (κ3) is 3.51. The van der Waals surface area contributed by atoms with Gasteiger partial charge in [0.05, 0.1) is 12.2 Å². The molecule has 3 heteroatoms. The first-order valence-corrected chi connectivity index (χ1v) is 6.56. The molecular formula is C13H20O2S. The van der Waals surface area contributed by atoms with Gasteiger partial charge in [-0.1, -0.05) is 32.0 Å². The Morgan fingerprint density at radius 1 is 1.19 bits per heavy atom. The van der Waals surface area contributed by atoms with E-state index in [2.05, 4.69) is 0 Å². The topological polar surface area (TPSA) is 40.5 Å². The molecule has 1 aromatic carbocycles. The Kier molecular flexibility index (Phi) is 5.32. The lowest BCUT2D eigenvalue weighted by atomic mass is 10.1. The first-order chi connectivity index (χ1) is 7.56. The Morgan fingerprint density at radius 3 is 2.38 bits per heavy atom. The predicted octanol–water partition coefficient (Wildman–Crippen LogP) is 2.99. The number of rotatable bonds is 5. The fraction of sp³-hybridized carbons (Fsp3) is 0.538. The SMILES string of the molecule is CC[C@H](O)c1ccccc1SC(C)C(C)O. The van der Waals surface area contributed by atoms with Gasteiger partial charge in [-0.3, -0.25) is 0 Å². The molecule has 0 aliphatic carbocycles. The van der Waals surface area contributed by atoms with Gasteiger partial charge in [0.25, 0.3) is 0 Å². The van der Waals surface area contributed by atoms with Gasteiger partial charge in [-0.15, -0.1) is 11.8 Å². The summed E-state index contributed by atoms with van der Waals surface area (Å²) in [6, 6.07) is 7.84. The van der Waals surface area contributed by atoms with Crippen LogP contribution in [0.15, 0.2) is 29.2 Å². The van der Waals surface area contributed by atoms with E-state index in [0.29, 0.717) is 6.42 Å². The van der Waals surface area contributed by atoms with Gasteiger partial charge < -0.3 is 10.2 Å². The Morgan fingerprint density at radius 2 is 1.81 bits per heavy atom. The molecule has 16 heavy (non-hydrogen) atoms. The standard InChI is InChI=1S/C13H20O2S/c1-4-12(15)11-7-5-6-8-13(11)16-10(3)9(2)14/h5-10,12,14-15H,4H2,1-3H3/t9?,10?,12-/m0/s1. The molecule has 3 atom stereocenters. The minimum atomic E-state index is -0.412. The van der Waals surface area contributed by atoms with Gasteiger partial charge in [0.2, 0.25) is 0 Å². The second-order valence-corrected chi connectivity index (χ2v) is 5.44. The molecule has 2 unspecified atom stereocenters. The van der Waals surface area contributed by atoms with Gasteiger partial charge in [0, 0.05) is 10.1 Å². The number of aliphatic hydroxyl groups is 2. The van der Waals surface area contributed by atoms with Crippen molar-refractivity contribution in [3.63, 3.8) is 0 Å². The summed E-state index contributed by atoms with van der Waals surface area (Å²) in [6.07, 6.45) is -0.0533. The van der Waals surface area contributed by atoms with Gasteiger partial charge in [-0.2, -0.15) is 0 Å². The van der Waals surface area contributed by atoms with Crippen molar-refractivity contribution in [2.75, 3.05) is 0 Å². The molecule has 0 spiro atoms. The quantitative estimate of drug-likeness (QED) is 0.777. The molecule has 0 fully saturated rings. The Balaban J connectivity index is 2.86. The summed E-state index contributed by atoms with van der Waals surface area (Å²) in [7, 11) is 0. The minimum absolute atomic E-state index is 0.130. The van der Waals surface area contributed by atoms with Crippen LogP contribution >= 0.6 is 11.8 Å². The molecule has 0 heterocycles. The molecule has 2 N–H and O–H groups in total. The molecule has 0 saturated carbocycles. The van der Waals surface area contributed by atoms with Crippen molar-refractivity contribution in [2.24, 2.45) is 0 Å². The number of aliphatic hydroxyl groups excluding tert-OH is 2. The fourth-order valence-corrected chi connectivity index (χ4v) is 2.48. The maximum atomic E-state index is 9.89. The van der Waals surface area contributed by atoms with Crippen LogP contribution in [0.2, 0.25) is 0 Å². The molecular weight excluding hydrogens is 220 g/mol. The van der Waals surface area contributed by atoms with Crippen LogP contribution in [0.25, 0.3) is 0 Å². The van der Waals surface area contributed by atoms with E-state index >= 15 is 0 Å². The van der Waals surface area contributed by atoms with Crippen LogP contribution in [-0.4, -0.2) is 21.6 Å². The Bertz CT molecular complexity index is 325. The molecule has 1 rings (SSSR count). The summed E-state index contributed by atoms with van der Waals surface area (Å²) in [5.41, 5.74) is 0.961. The molecule has 0 bridgehead atoms. The van der Waals surface area contributed by atoms with Gasteiger partial charge in [-0.25, -0.2) is 0 Å². The van der Waals surface area contributed by atoms with E-state index < -0.39 is 6.10 Å². The minimum Gasteiger partial charge on any atom is -0.392 e. The van der Waals surface area contributed by atoms with Crippen LogP contribution in [0, 0.1) is 0 Å². The van der Waals surface area contributed by atoms with Gasteiger partial charge >= 0.3 is 0 Å². The van der Waals surface area contributed by atoms with Gasteiger partial charge in [0.15, 0.2) is 0 Å². The third-order valence-corrected chi connectivity index (χ3v) is 4.05. The smallest absolute Gasteiger partial charge is 0.0798 e. The highest BCUT2D eigenvalue weighted by atomic mass is 32.2. The summed E-state index contributed by atoms with van der Waals surface area (Å²) < 4.78 is 0. The molecule has 2 nitrogen and oxygen atoms in total. The van der Waals surface area contributed by atoms with Crippen LogP contribution < -0.4 is 0 Å². The van der Waals surface area contributed by atoms with Crippen molar-refractivity contribution in [3.8, 4) is 0 Å². The van der Waals surface area contributed by atoms with E-state index in [4.69, 9.17) is 0 Å². The number of hydrogen-bond donors (Lipinski definition) is 2. The molecule has 0 radical (unpaired) electrons. The number of hydrogen-bond acceptors (Lipinski definition) is 3. The van der Waals surface area contributed by atoms with Crippen molar-refractivity contribution in [1.29, 1.82) is 0 Å². The monoisotopic (exact) mass is 240 g/mol. The Hall–Kier alpha value is -0.510. The van der Waals surface area contributed by atoms with E-state index in [1.165, 1.54) is 0 Å². The highest BCUT2D eigenvalue weighted by Gasteiger charge is 2.15. The number of benzene rings is 1. The molecule has 0 amide bonds. The zero-order chi connectivity index (χ0) is 12.1. The van der Waals surface area contributed by atoms with Crippen molar-refractivity contribution >= 4 is 11.8 Å². The van der Waals surface area contributed by atoms with Crippen LogP contribution in [0.1, 0.15) is 38.9 Å². The lowest BCUT2D eigenvalue weighted by molar-refractivity contribution is 0.170. The highest BCUT2D eigenvalue weighted by Crippen LogP contribution is 2.32. The van der Waals surface area contributed by atoms with E-state index in [9.17, 15) is 10.2 Å². The molecule has 0 aliphatic heterocycles. The average Bonchev–Trinajstić information content (AvgIpc) is 2.28. The fourth-order valence-electron chi connectivity index (χ4n) is 1.38. The molecule has 0 saturated heterocycles. The largest absolute Gasteiger partial charge is 0.392 e.